The van der Waals surface area contributed by atoms with E-state index in [1.54, 1.807) is 0 Å². The lowest BCUT2D eigenvalue weighted by Crippen LogP contribution is -2.59. The van der Waals surface area contributed by atoms with E-state index >= 15 is 0 Å². The highest BCUT2D eigenvalue weighted by atomic mass is 19.4. The van der Waals surface area contributed by atoms with Crippen LogP contribution >= 0.6 is 0 Å². The Balaban J connectivity index is 5.17. The molecule has 0 bridgehead atoms. The van der Waals surface area contributed by atoms with Gasteiger partial charge in [-0.05, 0) is 0 Å². The van der Waals surface area contributed by atoms with Crippen molar-refractivity contribution in [1.29, 1.82) is 0 Å². The van der Waals surface area contributed by atoms with Gasteiger partial charge in [0.05, 0.1) is 0 Å². The number of methoxy groups -OCH3 is 2. The summed E-state index contributed by atoms with van der Waals surface area (Å²) >= 11 is 0. The fourth-order valence-corrected chi connectivity index (χ4v) is 0.707. The van der Waals surface area contributed by atoms with Crippen LogP contribution in [0, 0.1) is 0 Å². The second kappa shape index (κ2) is 3.33. The fraction of sp³-hybridized carbons (Fsp3) is 1.00. The molecule has 0 aromatic heterocycles. The largest absolute Gasteiger partial charge is 0.453 e. The van der Waals surface area contributed by atoms with Crippen molar-refractivity contribution in [2.24, 2.45) is 0 Å². The van der Waals surface area contributed by atoms with Crippen LogP contribution in [0.3, 0.4) is 0 Å². The molecule has 0 atom stereocenters. The van der Waals surface area contributed by atoms with Crippen LogP contribution in [-0.2, 0) is 9.47 Å². The van der Waals surface area contributed by atoms with Crippen LogP contribution in [0.15, 0.2) is 0 Å². The molecule has 0 aromatic rings. The summed E-state index contributed by atoms with van der Waals surface area (Å²) in [7, 11) is 0.537. The van der Waals surface area contributed by atoms with Crippen molar-refractivity contribution in [1.82, 2.24) is 0 Å². The highest BCUT2D eigenvalue weighted by Crippen LogP contribution is 2.45. The molecule has 13 heavy (non-hydrogen) atoms. The van der Waals surface area contributed by atoms with E-state index in [-0.39, 0.29) is 14.2 Å². The first-order valence-electron chi connectivity index (χ1n) is 2.86. The third-order valence-corrected chi connectivity index (χ3v) is 1.32. The first-order chi connectivity index (χ1) is 5.62. The Kier molecular flexibility index (Phi) is 3.21. The fourth-order valence-electron chi connectivity index (χ4n) is 0.707. The summed E-state index contributed by atoms with van der Waals surface area (Å²) < 4.78 is 78.1. The summed E-state index contributed by atoms with van der Waals surface area (Å²) in [5, 5.41) is 0. The van der Waals surface area contributed by atoms with Crippen LogP contribution < -0.4 is 0 Å². The molecular formula is C5H6F6O2. The molecule has 0 aromatic carbocycles. The number of alkyl halides is 6. The maximum atomic E-state index is 11.9. The van der Waals surface area contributed by atoms with E-state index < -0.39 is 18.1 Å². The number of halogens is 6. The first kappa shape index (κ1) is 12.5. The monoisotopic (exact) mass is 212 g/mol. The van der Waals surface area contributed by atoms with E-state index in [1.807, 2.05) is 0 Å². The van der Waals surface area contributed by atoms with Gasteiger partial charge in [-0.3, -0.25) is 0 Å². The molecule has 0 aliphatic heterocycles. The van der Waals surface area contributed by atoms with Gasteiger partial charge in [-0.15, -0.1) is 0 Å². The molecule has 0 aliphatic carbocycles. The third-order valence-electron chi connectivity index (χ3n) is 1.32. The third kappa shape index (κ3) is 1.88. The molecule has 8 heteroatoms. The van der Waals surface area contributed by atoms with Crippen molar-refractivity contribution < 1.29 is 35.8 Å². The van der Waals surface area contributed by atoms with E-state index in [0.717, 1.165) is 0 Å². The lowest BCUT2D eigenvalue weighted by molar-refractivity contribution is -0.457. The molecule has 0 aliphatic rings. The van der Waals surface area contributed by atoms with E-state index in [2.05, 4.69) is 9.47 Å². The Labute approximate surface area is 69.4 Å². The lowest BCUT2D eigenvalue weighted by atomic mass is 10.2. The van der Waals surface area contributed by atoms with Crippen LogP contribution in [0.4, 0.5) is 26.3 Å². The first-order valence-corrected chi connectivity index (χ1v) is 2.86. The number of ether oxygens (including phenoxy) is 2. The van der Waals surface area contributed by atoms with Crippen molar-refractivity contribution in [2.45, 2.75) is 18.1 Å². The molecule has 0 amide bonds. The van der Waals surface area contributed by atoms with E-state index in [4.69, 9.17) is 0 Å². The van der Waals surface area contributed by atoms with Gasteiger partial charge in [0.25, 0.3) is 0 Å². The van der Waals surface area contributed by atoms with Crippen molar-refractivity contribution in [3.05, 3.63) is 0 Å². The van der Waals surface area contributed by atoms with Crippen molar-refractivity contribution in [3.8, 4) is 0 Å². The Morgan fingerprint density at radius 2 is 0.923 bits per heavy atom. The highest BCUT2D eigenvalue weighted by molar-refractivity contribution is 4.86. The molecule has 0 rings (SSSR count). The summed E-state index contributed by atoms with van der Waals surface area (Å²) in [6.45, 7) is 0. The molecule has 0 saturated heterocycles. The molecule has 0 fully saturated rings. The lowest BCUT2D eigenvalue weighted by Gasteiger charge is -2.33. The van der Waals surface area contributed by atoms with Gasteiger partial charge in [0.2, 0.25) is 0 Å². The van der Waals surface area contributed by atoms with Gasteiger partial charge < -0.3 is 9.47 Å². The standard InChI is InChI=1S/C5H6F6O2/c1-12-3(13-2,4(6,7)8)5(9,10)11/h1-2H3. The zero-order chi connectivity index (χ0) is 10.9. The minimum atomic E-state index is -5.67. The van der Waals surface area contributed by atoms with Gasteiger partial charge in [0, 0.05) is 14.2 Å². The van der Waals surface area contributed by atoms with Gasteiger partial charge in [0.15, 0.2) is 0 Å². The minimum Gasteiger partial charge on any atom is -0.339 e. The molecule has 80 valence electrons. The molecule has 0 heterocycles. The normalized spacial score (nSPS) is 14.8. The Morgan fingerprint density at radius 3 is 0.923 bits per heavy atom. The van der Waals surface area contributed by atoms with Gasteiger partial charge in [-0.1, -0.05) is 0 Å². The SMILES string of the molecule is COC(OC)(C(F)(F)F)C(F)(F)F. The maximum Gasteiger partial charge on any atom is 0.453 e. The van der Waals surface area contributed by atoms with Crippen LogP contribution in [0.5, 0.6) is 0 Å². The van der Waals surface area contributed by atoms with E-state index in [1.165, 1.54) is 0 Å². The quantitative estimate of drug-likeness (QED) is 0.515. The van der Waals surface area contributed by atoms with E-state index in [9.17, 15) is 26.3 Å². The zero-order valence-corrected chi connectivity index (χ0v) is 6.58. The molecule has 0 radical (unpaired) electrons. The zero-order valence-electron chi connectivity index (χ0n) is 6.58. The highest BCUT2D eigenvalue weighted by Gasteiger charge is 2.73. The summed E-state index contributed by atoms with van der Waals surface area (Å²) in [5.41, 5.74) is 0. The molecule has 2 nitrogen and oxygen atoms in total. The predicted octanol–water partition coefficient (Wildman–Crippen LogP) is 2.10. The summed E-state index contributed by atoms with van der Waals surface area (Å²) in [6.07, 6.45) is -11.3. The van der Waals surface area contributed by atoms with E-state index in [0.29, 0.717) is 0 Å². The summed E-state index contributed by atoms with van der Waals surface area (Å²) in [4.78, 5) is 0. The molecule has 0 unspecified atom stereocenters. The van der Waals surface area contributed by atoms with Crippen LogP contribution in [-0.4, -0.2) is 32.4 Å². The number of hydrogen-bond acceptors (Lipinski definition) is 2. The van der Waals surface area contributed by atoms with Crippen molar-refractivity contribution >= 4 is 0 Å². The molecular weight excluding hydrogens is 206 g/mol. The van der Waals surface area contributed by atoms with Gasteiger partial charge in [0.1, 0.15) is 0 Å². The Hall–Kier alpha value is -0.500. The Bertz CT molecular complexity index is 151. The van der Waals surface area contributed by atoms with Crippen LogP contribution in [0.1, 0.15) is 0 Å². The molecule has 0 N–H and O–H groups in total. The predicted molar refractivity (Wildman–Crippen MR) is 28.9 cm³/mol. The molecule has 0 saturated carbocycles. The van der Waals surface area contributed by atoms with Crippen LogP contribution in [0.25, 0.3) is 0 Å². The second-order valence-corrected chi connectivity index (χ2v) is 2.02. The van der Waals surface area contributed by atoms with Crippen LogP contribution in [0.2, 0.25) is 0 Å². The number of rotatable bonds is 2. The number of hydrogen-bond donors (Lipinski definition) is 0. The molecule has 0 spiro atoms. The minimum absolute atomic E-state index is 0.268. The average Bonchev–Trinajstić information content (AvgIpc) is 1.84. The smallest absolute Gasteiger partial charge is 0.339 e. The maximum absolute atomic E-state index is 11.9. The average molecular weight is 212 g/mol. The van der Waals surface area contributed by atoms with Gasteiger partial charge in [-0.25, -0.2) is 0 Å². The second-order valence-electron chi connectivity index (χ2n) is 2.02. The topological polar surface area (TPSA) is 18.5 Å². The summed E-state index contributed by atoms with van der Waals surface area (Å²) in [5.74, 6) is -4.54. The van der Waals surface area contributed by atoms with Crippen molar-refractivity contribution in [3.63, 3.8) is 0 Å². The van der Waals surface area contributed by atoms with Gasteiger partial charge >= 0.3 is 18.1 Å². The van der Waals surface area contributed by atoms with Crippen molar-refractivity contribution in [2.75, 3.05) is 14.2 Å². The summed E-state index contributed by atoms with van der Waals surface area (Å²) in [6, 6.07) is 0. The van der Waals surface area contributed by atoms with Gasteiger partial charge in [-0.2, -0.15) is 26.3 Å². The Morgan fingerprint density at radius 1 is 0.692 bits per heavy atom.